The molecule has 0 saturated carbocycles. The van der Waals surface area contributed by atoms with Crippen molar-refractivity contribution in [2.24, 2.45) is 0 Å². The van der Waals surface area contributed by atoms with Crippen LogP contribution in [0.5, 0.6) is 0 Å². The molecule has 0 aromatic carbocycles. The van der Waals surface area contributed by atoms with Crippen LogP contribution in [0.1, 0.15) is 25.2 Å². The summed E-state index contributed by atoms with van der Waals surface area (Å²) < 4.78 is 1.94. The maximum absolute atomic E-state index is 9.92. The summed E-state index contributed by atoms with van der Waals surface area (Å²) in [6.45, 7) is 5.48. The third-order valence-electron chi connectivity index (χ3n) is 2.02. The molecule has 0 fully saturated rings. The minimum absolute atomic E-state index is 0.829. The summed E-state index contributed by atoms with van der Waals surface area (Å²) in [4.78, 5) is 5.30. The van der Waals surface area contributed by atoms with E-state index in [0.717, 1.165) is 16.3 Å². The van der Waals surface area contributed by atoms with Crippen LogP contribution in [0.15, 0.2) is 11.6 Å². The lowest BCUT2D eigenvalue weighted by molar-refractivity contribution is 0.0723. The monoisotopic (exact) mass is 196 g/mol. The summed E-state index contributed by atoms with van der Waals surface area (Å²) in [6, 6.07) is 0. The van der Waals surface area contributed by atoms with Crippen molar-refractivity contribution in [1.29, 1.82) is 0 Å². The predicted molar refractivity (Wildman–Crippen MR) is 53.1 cm³/mol. The van der Waals surface area contributed by atoms with E-state index in [1.807, 2.05) is 22.9 Å². The van der Waals surface area contributed by atoms with Crippen LogP contribution >= 0.6 is 11.3 Å². The van der Waals surface area contributed by atoms with E-state index in [1.165, 1.54) is 0 Å². The summed E-state index contributed by atoms with van der Waals surface area (Å²) in [5, 5.41) is 11.9. The number of aromatic nitrogens is 2. The Hall–Kier alpha value is -0.870. The maximum Gasteiger partial charge on any atom is 0.194 e. The van der Waals surface area contributed by atoms with Crippen LogP contribution in [0.25, 0.3) is 4.96 Å². The lowest BCUT2D eigenvalue weighted by Crippen LogP contribution is -2.19. The van der Waals surface area contributed by atoms with E-state index in [0.29, 0.717) is 0 Å². The molecule has 2 aromatic heterocycles. The van der Waals surface area contributed by atoms with Crippen molar-refractivity contribution in [1.82, 2.24) is 9.38 Å². The van der Waals surface area contributed by atoms with Gasteiger partial charge in [-0.25, -0.2) is 4.98 Å². The van der Waals surface area contributed by atoms with Crippen LogP contribution in [-0.4, -0.2) is 14.5 Å². The smallest absolute Gasteiger partial charge is 0.194 e. The second-order valence-electron chi connectivity index (χ2n) is 3.66. The summed E-state index contributed by atoms with van der Waals surface area (Å²) >= 11 is 1.58. The average molecular weight is 196 g/mol. The number of rotatable bonds is 1. The number of fused-ring (bicyclic) bond motifs is 1. The Balaban J connectivity index is 2.78. The van der Waals surface area contributed by atoms with E-state index in [4.69, 9.17) is 0 Å². The Morgan fingerprint density at radius 3 is 2.85 bits per heavy atom. The fourth-order valence-electron chi connectivity index (χ4n) is 1.63. The van der Waals surface area contributed by atoms with Crippen molar-refractivity contribution in [2.75, 3.05) is 0 Å². The van der Waals surface area contributed by atoms with Gasteiger partial charge in [-0.3, -0.25) is 4.40 Å². The molecule has 0 aliphatic heterocycles. The minimum atomic E-state index is -0.829. The van der Waals surface area contributed by atoms with Gasteiger partial charge >= 0.3 is 0 Å². The molecule has 0 atom stereocenters. The zero-order valence-corrected chi connectivity index (χ0v) is 8.72. The van der Waals surface area contributed by atoms with Gasteiger partial charge in [0.25, 0.3) is 0 Å². The highest BCUT2D eigenvalue weighted by Gasteiger charge is 2.24. The van der Waals surface area contributed by atoms with Crippen molar-refractivity contribution in [3.8, 4) is 0 Å². The Morgan fingerprint density at radius 2 is 2.23 bits per heavy atom. The van der Waals surface area contributed by atoms with Gasteiger partial charge in [0.15, 0.2) is 4.96 Å². The average Bonchev–Trinajstić information content (AvgIpc) is 2.41. The van der Waals surface area contributed by atoms with E-state index in [1.54, 1.807) is 25.2 Å². The highest BCUT2D eigenvalue weighted by Crippen LogP contribution is 2.26. The zero-order valence-electron chi connectivity index (χ0n) is 7.90. The van der Waals surface area contributed by atoms with Crippen molar-refractivity contribution >= 4 is 16.3 Å². The molecule has 3 nitrogen and oxygen atoms in total. The summed E-state index contributed by atoms with van der Waals surface area (Å²) in [6.07, 6.45) is 1.94. The molecule has 0 spiro atoms. The minimum Gasteiger partial charge on any atom is -0.384 e. The molecule has 0 saturated heterocycles. The van der Waals surface area contributed by atoms with Gasteiger partial charge in [0, 0.05) is 11.6 Å². The molecule has 4 heteroatoms. The molecule has 13 heavy (non-hydrogen) atoms. The van der Waals surface area contributed by atoms with Crippen LogP contribution in [0, 0.1) is 6.92 Å². The van der Waals surface area contributed by atoms with Gasteiger partial charge in [0.1, 0.15) is 5.60 Å². The molecule has 0 aliphatic rings. The largest absolute Gasteiger partial charge is 0.384 e. The molecule has 1 N–H and O–H groups in total. The van der Waals surface area contributed by atoms with Gasteiger partial charge in [-0.05, 0) is 20.8 Å². The van der Waals surface area contributed by atoms with E-state index < -0.39 is 5.60 Å². The first kappa shape index (κ1) is 8.72. The molecular formula is C9H12N2OS. The number of nitrogens with zero attached hydrogens (tertiary/aromatic N) is 2. The van der Waals surface area contributed by atoms with Crippen LogP contribution in [0.2, 0.25) is 0 Å². The van der Waals surface area contributed by atoms with Gasteiger partial charge in [-0.1, -0.05) is 0 Å². The van der Waals surface area contributed by atoms with E-state index in [2.05, 4.69) is 4.98 Å². The molecule has 2 heterocycles. The molecule has 0 bridgehead atoms. The van der Waals surface area contributed by atoms with Crippen LogP contribution < -0.4 is 0 Å². The third-order valence-corrected chi connectivity index (χ3v) is 2.77. The predicted octanol–water partition coefficient (Wildman–Crippen LogP) is 1.93. The maximum atomic E-state index is 9.92. The van der Waals surface area contributed by atoms with Crippen molar-refractivity contribution in [3.63, 3.8) is 0 Å². The Morgan fingerprint density at radius 1 is 1.54 bits per heavy atom. The van der Waals surface area contributed by atoms with E-state index in [-0.39, 0.29) is 0 Å². The number of thiazole rings is 1. The summed E-state index contributed by atoms with van der Waals surface area (Å²) in [5.74, 6) is 0. The van der Waals surface area contributed by atoms with Crippen molar-refractivity contribution in [3.05, 3.63) is 23.0 Å². The number of imidazole rings is 1. The Kier molecular flexibility index (Phi) is 1.72. The van der Waals surface area contributed by atoms with Crippen LogP contribution in [-0.2, 0) is 5.60 Å². The second-order valence-corrected chi connectivity index (χ2v) is 4.53. The number of hydrogen-bond donors (Lipinski definition) is 1. The molecule has 2 aromatic rings. The van der Waals surface area contributed by atoms with Gasteiger partial charge in [-0.15, -0.1) is 11.3 Å². The number of hydrogen-bond acceptors (Lipinski definition) is 3. The third kappa shape index (κ3) is 1.26. The topological polar surface area (TPSA) is 37.5 Å². The Bertz CT molecular complexity index is 436. The zero-order chi connectivity index (χ0) is 9.64. The molecule has 0 unspecified atom stereocenters. The molecule has 70 valence electrons. The van der Waals surface area contributed by atoms with Gasteiger partial charge in [-0.2, -0.15) is 0 Å². The van der Waals surface area contributed by atoms with Crippen molar-refractivity contribution < 1.29 is 5.11 Å². The normalized spacial score (nSPS) is 12.6. The SMILES string of the molecule is Cc1nc2sccn2c1C(C)(C)O. The number of aliphatic hydroxyl groups is 1. The van der Waals surface area contributed by atoms with Gasteiger partial charge in [0.2, 0.25) is 0 Å². The molecule has 2 rings (SSSR count). The lowest BCUT2D eigenvalue weighted by Gasteiger charge is -2.17. The van der Waals surface area contributed by atoms with Gasteiger partial charge < -0.3 is 5.11 Å². The first-order chi connectivity index (χ1) is 6.00. The molecule has 0 radical (unpaired) electrons. The quantitative estimate of drug-likeness (QED) is 0.756. The first-order valence-electron chi connectivity index (χ1n) is 4.15. The fourth-order valence-corrected chi connectivity index (χ4v) is 2.39. The summed E-state index contributed by atoms with van der Waals surface area (Å²) in [5.41, 5.74) is 0.952. The number of aryl methyl sites for hydroxylation is 1. The Labute approximate surface area is 80.7 Å². The standard InChI is InChI=1S/C9H12N2OS/c1-6-7(9(2,3)12)11-4-5-13-8(11)10-6/h4-5,12H,1-3H3. The van der Waals surface area contributed by atoms with Crippen LogP contribution in [0.3, 0.4) is 0 Å². The van der Waals surface area contributed by atoms with Gasteiger partial charge in [0.05, 0.1) is 11.4 Å². The molecule has 0 aliphatic carbocycles. The first-order valence-corrected chi connectivity index (χ1v) is 5.03. The highest BCUT2D eigenvalue weighted by molar-refractivity contribution is 7.15. The highest BCUT2D eigenvalue weighted by atomic mass is 32.1. The van der Waals surface area contributed by atoms with E-state index in [9.17, 15) is 5.11 Å². The van der Waals surface area contributed by atoms with Crippen molar-refractivity contribution in [2.45, 2.75) is 26.4 Å². The fraction of sp³-hybridized carbons (Fsp3) is 0.444. The molecule has 0 amide bonds. The molecular weight excluding hydrogens is 184 g/mol. The summed E-state index contributed by atoms with van der Waals surface area (Å²) in [7, 11) is 0. The van der Waals surface area contributed by atoms with Crippen LogP contribution in [0.4, 0.5) is 0 Å². The lowest BCUT2D eigenvalue weighted by atomic mass is 10.0. The van der Waals surface area contributed by atoms with E-state index >= 15 is 0 Å². The second kappa shape index (κ2) is 2.56.